The topological polar surface area (TPSA) is 12.0 Å². The van der Waals surface area contributed by atoms with Gasteiger partial charge in [0, 0.05) is 25.9 Å². The molecule has 2 aliphatic heterocycles. The van der Waals surface area contributed by atoms with Gasteiger partial charge < -0.3 is 9.80 Å². The molecule has 15 heavy (non-hydrogen) atoms. The Morgan fingerprint density at radius 1 is 1.00 bits per heavy atom. The molecule has 0 aromatic heterocycles. The van der Waals surface area contributed by atoms with Crippen LogP contribution in [0.5, 0.6) is 0 Å². The lowest BCUT2D eigenvalue weighted by Gasteiger charge is -2.51. The molecule has 0 aliphatic carbocycles. The molecule has 2 fully saturated rings. The molecule has 2 rings (SSSR count). The average molecular weight is 211 g/mol. The first-order valence-electron chi connectivity index (χ1n) is 6.83. The van der Waals surface area contributed by atoms with Gasteiger partial charge in [-0.05, 0) is 33.1 Å². The smallest absolute Gasteiger partial charge is 0.0916 e. The Morgan fingerprint density at radius 3 is 2.13 bits per heavy atom. The molecule has 88 valence electrons. The maximum atomic E-state index is 3.50. The first-order valence-corrected chi connectivity index (χ1v) is 6.83. The summed E-state index contributed by atoms with van der Waals surface area (Å²) in [6.07, 6.45) is 7.19. The number of quaternary nitrogens is 1. The SMILES string of the molecule is CC(C)[N+]1(C2CCNCC2)CCCCC1. The van der Waals surface area contributed by atoms with Crippen LogP contribution < -0.4 is 5.32 Å². The third-order valence-corrected chi connectivity index (χ3v) is 4.71. The van der Waals surface area contributed by atoms with E-state index in [9.17, 15) is 0 Å². The lowest BCUT2D eigenvalue weighted by atomic mass is 9.94. The maximum absolute atomic E-state index is 3.50. The van der Waals surface area contributed by atoms with Crippen molar-refractivity contribution in [2.45, 2.75) is 58.0 Å². The predicted molar refractivity (Wildman–Crippen MR) is 64.9 cm³/mol. The summed E-state index contributed by atoms with van der Waals surface area (Å²) >= 11 is 0. The molecule has 2 nitrogen and oxygen atoms in total. The number of likely N-dealkylation sites (tertiary alicyclic amines) is 1. The summed E-state index contributed by atoms with van der Waals surface area (Å²) in [6, 6.07) is 1.78. The average Bonchev–Trinajstić information content (AvgIpc) is 2.31. The van der Waals surface area contributed by atoms with Crippen LogP contribution in [0.1, 0.15) is 46.0 Å². The Kier molecular flexibility index (Phi) is 3.68. The fraction of sp³-hybridized carbons (Fsp3) is 1.00. The number of nitrogens with one attached hydrogen (secondary N) is 1. The summed E-state index contributed by atoms with van der Waals surface area (Å²) in [6.45, 7) is 10.3. The quantitative estimate of drug-likeness (QED) is 0.690. The number of hydrogen-bond donors (Lipinski definition) is 1. The molecule has 2 heterocycles. The third-order valence-electron chi connectivity index (χ3n) is 4.71. The molecule has 2 heteroatoms. The number of piperidine rings is 2. The minimum Gasteiger partial charge on any atom is -0.319 e. The zero-order valence-corrected chi connectivity index (χ0v) is 10.5. The molecule has 0 bridgehead atoms. The lowest BCUT2D eigenvalue weighted by Crippen LogP contribution is -2.63. The van der Waals surface area contributed by atoms with Gasteiger partial charge in [-0.2, -0.15) is 0 Å². The second-order valence-corrected chi connectivity index (χ2v) is 5.69. The molecular formula is C13H27N2+. The van der Waals surface area contributed by atoms with E-state index in [0.717, 1.165) is 12.1 Å². The van der Waals surface area contributed by atoms with Gasteiger partial charge in [0.15, 0.2) is 0 Å². The van der Waals surface area contributed by atoms with Crippen molar-refractivity contribution in [2.75, 3.05) is 26.2 Å². The molecule has 0 aromatic carbocycles. The molecule has 0 radical (unpaired) electrons. The molecule has 0 amide bonds. The van der Waals surface area contributed by atoms with Crippen molar-refractivity contribution in [1.29, 1.82) is 0 Å². The van der Waals surface area contributed by atoms with Crippen LogP contribution in [0.2, 0.25) is 0 Å². The van der Waals surface area contributed by atoms with E-state index >= 15 is 0 Å². The van der Waals surface area contributed by atoms with Gasteiger partial charge >= 0.3 is 0 Å². The Bertz CT molecular complexity index is 189. The van der Waals surface area contributed by atoms with E-state index in [1.165, 1.54) is 62.8 Å². The maximum Gasteiger partial charge on any atom is 0.0916 e. The number of hydrogen-bond acceptors (Lipinski definition) is 1. The Hall–Kier alpha value is -0.0800. The minimum absolute atomic E-state index is 0.827. The second-order valence-electron chi connectivity index (χ2n) is 5.69. The van der Waals surface area contributed by atoms with Gasteiger partial charge in [-0.3, -0.25) is 0 Å². The van der Waals surface area contributed by atoms with Crippen LogP contribution in [-0.2, 0) is 0 Å². The molecule has 1 N–H and O–H groups in total. The van der Waals surface area contributed by atoms with E-state index in [4.69, 9.17) is 0 Å². The van der Waals surface area contributed by atoms with E-state index in [1.807, 2.05) is 0 Å². The van der Waals surface area contributed by atoms with Crippen LogP contribution >= 0.6 is 0 Å². The van der Waals surface area contributed by atoms with Crippen LogP contribution in [0.3, 0.4) is 0 Å². The first kappa shape index (κ1) is 11.4. The van der Waals surface area contributed by atoms with Gasteiger partial charge in [0.2, 0.25) is 0 Å². The summed E-state index contributed by atoms with van der Waals surface area (Å²) in [5, 5.41) is 3.50. The zero-order valence-electron chi connectivity index (χ0n) is 10.5. The highest BCUT2D eigenvalue weighted by molar-refractivity contribution is 4.73. The normalized spacial score (nSPS) is 28.2. The fourth-order valence-electron chi connectivity index (χ4n) is 3.73. The van der Waals surface area contributed by atoms with E-state index in [0.29, 0.717) is 0 Å². The van der Waals surface area contributed by atoms with Crippen molar-refractivity contribution in [1.82, 2.24) is 5.32 Å². The van der Waals surface area contributed by atoms with Gasteiger partial charge in [0.25, 0.3) is 0 Å². The second kappa shape index (κ2) is 4.84. The third kappa shape index (κ3) is 2.21. The Balaban J connectivity index is 2.09. The van der Waals surface area contributed by atoms with E-state index in [1.54, 1.807) is 0 Å². The first-order chi connectivity index (χ1) is 7.26. The number of rotatable bonds is 2. The summed E-state index contributed by atoms with van der Waals surface area (Å²) in [4.78, 5) is 0. The highest BCUT2D eigenvalue weighted by Gasteiger charge is 2.40. The largest absolute Gasteiger partial charge is 0.319 e. The molecule has 0 aromatic rings. The molecule has 0 spiro atoms. The van der Waals surface area contributed by atoms with Crippen molar-refractivity contribution < 1.29 is 4.48 Å². The standard InChI is InChI=1S/C13H27N2/c1-12(2)15(10-4-3-5-11-15)13-6-8-14-9-7-13/h12-14H,3-11H2,1-2H3/q+1. The van der Waals surface area contributed by atoms with Crippen molar-refractivity contribution >= 4 is 0 Å². The van der Waals surface area contributed by atoms with E-state index < -0.39 is 0 Å². The lowest BCUT2D eigenvalue weighted by molar-refractivity contribution is -0.974. The minimum atomic E-state index is 0.827. The van der Waals surface area contributed by atoms with Crippen molar-refractivity contribution in [3.05, 3.63) is 0 Å². The number of nitrogens with zero attached hydrogens (tertiary/aromatic N) is 1. The fourth-order valence-corrected chi connectivity index (χ4v) is 3.73. The highest BCUT2D eigenvalue weighted by atomic mass is 15.4. The Labute approximate surface area is 94.6 Å². The molecule has 0 unspecified atom stereocenters. The van der Waals surface area contributed by atoms with E-state index in [-0.39, 0.29) is 0 Å². The zero-order chi connectivity index (χ0) is 10.7. The molecular weight excluding hydrogens is 184 g/mol. The molecule has 0 atom stereocenters. The summed E-state index contributed by atoms with van der Waals surface area (Å²) in [5.41, 5.74) is 0. The van der Waals surface area contributed by atoms with Crippen molar-refractivity contribution in [3.63, 3.8) is 0 Å². The monoisotopic (exact) mass is 211 g/mol. The van der Waals surface area contributed by atoms with Crippen LogP contribution in [0.25, 0.3) is 0 Å². The van der Waals surface area contributed by atoms with Gasteiger partial charge in [-0.15, -0.1) is 0 Å². The van der Waals surface area contributed by atoms with Crippen LogP contribution in [0, 0.1) is 0 Å². The van der Waals surface area contributed by atoms with Crippen LogP contribution in [-0.4, -0.2) is 42.7 Å². The summed E-state index contributed by atoms with van der Waals surface area (Å²) in [5.74, 6) is 0. The van der Waals surface area contributed by atoms with Gasteiger partial charge in [0.05, 0.1) is 25.2 Å². The molecule has 2 saturated heterocycles. The molecule has 2 aliphatic rings. The van der Waals surface area contributed by atoms with Crippen LogP contribution in [0.4, 0.5) is 0 Å². The summed E-state index contributed by atoms with van der Waals surface area (Å²) in [7, 11) is 0. The van der Waals surface area contributed by atoms with E-state index in [2.05, 4.69) is 19.2 Å². The highest BCUT2D eigenvalue weighted by Crippen LogP contribution is 2.30. The summed E-state index contributed by atoms with van der Waals surface area (Å²) < 4.78 is 1.43. The van der Waals surface area contributed by atoms with Gasteiger partial charge in [-0.25, -0.2) is 0 Å². The van der Waals surface area contributed by atoms with Crippen molar-refractivity contribution in [3.8, 4) is 0 Å². The predicted octanol–water partition coefficient (Wildman–Crippen LogP) is 2.15. The van der Waals surface area contributed by atoms with Crippen LogP contribution in [0.15, 0.2) is 0 Å². The Morgan fingerprint density at radius 2 is 1.60 bits per heavy atom. The van der Waals surface area contributed by atoms with Gasteiger partial charge in [0.1, 0.15) is 0 Å². The van der Waals surface area contributed by atoms with Crippen molar-refractivity contribution in [2.24, 2.45) is 0 Å². The molecule has 0 saturated carbocycles. The van der Waals surface area contributed by atoms with Gasteiger partial charge in [-0.1, -0.05) is 0 Å².